The Hall–Kier alpha value is -1.81. The lowest BCUT2D eigenvalue weighted by atomic mass is 10.2. The van der Waals surface area contributed by atoms with Gasteiger partial charge < -0.3 is 4.74 Å². The molecule has 0 saturated heterocycles. The van der Waals surface area contributed by atoms with Crippen molar-refractivity contribution in [1.29, 1.82) is 0 Å². The highest BCUT2D eigenvalue weighted by molar-refractivity contribution is 9.10. The lowest BCUT2D eigenvalue weighted by Gasteiger charge is -2.04. The number of halogens is 1. The molecule has 0 radical (unpaired) electrons. The van der Waals surface area contributed by atoms with Crippen LogP contribution in [0.5, 0.6) is 5.75 Å². The number of aromatic nitrogens is 2. The largest absolute Gasteiger partial charge is 0.487 e. The zero-order valence-corrected chi connectivity index (χ0v) is 12.1. The number of hydrogen-bond donors (Lipinski definition) is 0. The summed E-state index contributed by atoms with van der Waals surface area (Å²) in [6.07, 6.45) is 0. The summed E-state index contributed by atoms with van der Waals surface area (Å²) in [5.41, 5.74) is 2.08. The molecule has 0 atom stereocenters. The van der Waals surface area contributed by atoms with Gasteiger partial charge in [-0.05, 0) is 30.3 Å². The van der Waals surface area contributed by atoms with Crippen molar-refractivity contribution in [2.75, 3.05) is 0 Å². The molecule has 0 aliphatic carbocycles. The molecule has 0 aliphatic rings. The van der Waals surface area contributed by atoms with E-state index in [2.05, 4.69) is 33.2 Å². The van der Waals surface area contributed by atoms with Crippen molar-refractivity contribution < 1.29 is 4.74 Å². The fraction of sp³-hybridized carbons (Fsp3) is 0.133. The summed E-state index contributed by atoms with van der Waals surface area (Å²) in [4.78, 5) is 0. The molecule has 4 heteroatoms. The molecule has 0 amide bonds. The SMILES string of the molecule is Cn1nc(COc2ccc(Br)cc2)c2ccccc21. The average molecular weight is 317 g/mol. The smallest absolute Gasteiger partial charge is 0.133 e. The van der Waals surface area contributed by atoms with Gasteiger partial charge in [0.15, 0.2) is 0 Å². The Kier molecular flexibility index (Phi) is 3.25. The molecule has 0 saturated carbocycles. The Morgan fingerprint density at radius 2 is 1.84 bits per heavy atom. The van der Waals surface area contributed by atoms with Gasteiger partial charge in [-0.15, -0.1) is 0 Å². The van der Waals surface area contributed by atoms with E-state index in [1.807, 2.05) is 48.1 Å². The summed E-state index contributed by atoms with van der Waals surface area (Å²) in [6, 6.07) is 16.0. The van der Waals surface area contributed by atoms with E-state index in [0.29, 0.717) is 6.61 Å². The molecule has 3 aromatic rings. The number of ether oxygens (including phenoxy) is 1. The van der Waals surface area contributed by atoms with Gasteiger partial charge in [-0.1, -0.05) is 34.1 Å². The fourth-order valence-electron chi connectivity index (χ4n) is 2.08. The number of para-hydroxylation sites is 1. The molecule has 0 spiro atoms. The Bertz CT molecular complexity index is 704. The van der Waals surface area contributed by atoms with E-state index < -0.39 is 0 Å². The van der Waals surface area contributed by atoms with Gasteiger partial charge >= 0.3 is 0 Å². The predicted molar refractivity (Wildman–Crippen MR) is 79.2 cm³/mol. The van der Waals surface area contributed by atoms with Gasteiger partial charge in [0.1, 0.15) is 18.1 Å². The van der Waals surface area contributed by atoms with Crippen molar-refractivity contribution in [3.05, 3.63) is 58.7 Å². The zero-order valence-electron chi connectivity index (χ0n) is 10.5. The van der Waals surface area contributed by atoms with Crippen LogP contribution >= 0.6 is 15.9 Å². The lowest BCUT2D eigenvalue weighted by molar-refractivity contribution is 0.301. The first-order valence-corrected chi connectivity index (χ1v) is 6.82. The molecule has 3 nitrogen and oxygen atoms in total. The van der Waals surface area contributed by atoms with Crippen molar-refractivity contribution in [3.8, 4) is 5.75 Å². The number of fused-ring (bicyclic) bond motifs is 1. The van der Waals surface area contributed by atoms with Gasteiger partial charge in [0.25, 0.3) is 0 Å². The van der Waals surface area contributed by atoms with E-state index in [0.717, 1.165) is 26.8 Å². The molecular formula is C15H13BrN2O. The minimum absolute atomic E-state index is 0.475. The minimum Gasteiger partial charge on any atom is -0.487 e. The number of rotatable bonds is 3. The third kappa shape index (κ3) is 2.49. The lowest BCUT2D eigenvalue weighted by Crippen LogP contribution is -1.98. The molecule has 0 aliphatic heterocycles. The molecule has 2 aromatic carbocycles. The molecule has 96 valence electrons. The average Bonchev–Trinajstić information content (AvgIpc) is 2.76. The van der Waals surface area contributed by atoms with Crippen molar-refractivity contribution in [2.24, 2.45) is 7.05 Å². The van der Waals surface area contributed by atoms with Crippen LogP contribution in [0, 0.1) is 0 Å². The van der Waals surface area contributed by atoms with Gasteiger partial charge in [0.05, 0.1) is 5.52 Å². The van der Waals surface area contributed by atoms with Gasteiger partial charge in [-0.25, -0.2) is 0 Å². The molecule has 0 unspecified atom stereocenters. The quantitative estimate of drug-likeness (QED) is 0.732. The van der Waals surface area contributed by atoms with Gasteiger partial charge in [0, 0.05) is 16.9 Å². The highest BCUT2D eigenvalue weighted by atomic mass is 79.9. The summed E-state index contributed by atoms with van der Waals surface area (Å²) in [5.74, 6) is 0.845. The summed E-state index contributed by atoms with van der Waals surface area (Å²) >= 11 is 3.41. The van der Waals surface area contributed by atoms with Gasteiger partial charge in [0.2, 0.25) is 0 Å². The Labute approximate surface area is 119 Å². The van der Waals surface area contributed by atoms with Crippen molar-refractivity contribution >= 4 is 26.8 Å². The Morgan fingerprint density at radius 3 is 2.63 bits per heavy atom. The third-order valence-electron chi connectivity index (χ3n) is 3.02. The van der Waals surface area contributed by atoms with Crippen LogP contribution in [-0.4, -0.2) is 9.78 Å². The van der Waals surface area contributed by atoms with E-state index in [9.17, 15) is 0 Å². The van der Waals surface area contributed by atoms with Crippen LogP contribution in [0.2, 0.25) is 0 Å². The van der Waals surface area contributed by atoms with Crippen LogP contribution in [0.4, 0.5) is 0 Å². The molecule has 1 heterocycles. The predicted octanol–water partition coefficient (Wildman–Crippen LogP) is 3.91. The highest BCUT2D eigenvalue weighted by Crippen LogP contribution is 2.21. The molecule has 3 rings (SSSR count). The number of nitrogens with zero attached hydrogens (tertiary/aromatic N) is 2. The summed E-state index contributed by atoms with van der Waals surface area (Å²) in [5, 5.41) is 5.65. The standard InChI is InChI=1S/C15H13BrN2O/c1-18-15-5-3-2-4-13(15)14(17-18)10-19-12-8-6-11(16)7-9-12/h2-9H,10H2,1H3. The molecule has 0 fully saturated rings. The first-order valence-electron chi connectivity index (χ1n) is 6.03. The van der Waals surface area contributed by atoms with Crippen molar-refractivity contribution in [2.45, 2.75) is 6.61 Å². The minimum atomic E-state index is 0.475. The van der Waals surface area contributed by atoms with Crippen LogP contribution in [0.15, 0.2) is 53.0 Å². The van der Waals surface area contributed by atoms with E-state index in [1.165, 1.54) is 0 Å². The maximum atomic E-state index is 5.77. The van der Waals surface area contributed by atoms with E-state index in [1.54, 1.807) is 0 Å². The summed E-state index contributed by atoms with van der Waals surface area (Å²) < 4.78 is 8.70. The molecule has 1 aromatic heterocycles. The van der Waals surface area contributed by atoms with E-state index in [4.69, 9.17) is 4.74 Å². The van der Waals surface area contributed by atoms with Crippen molar-refractivity contribution in [3.63, 3.8) is 0 Å². The van der Waals surface area contributed by atoms with Crippen LogP contribution in [0.1, 0.15) is 5.69 Å². The maximum absolute atomic E-state index is 5.77. The number of benzene rings is 2. The van der Waals surface area contributed by atoms with Crippen LogP contribution in [0.3, 0.4) is 0 Å². The second-order valence-corrected chi connectivity index (χ2v) is 5.25. The zero-order chi connectivity index (χ0) is 13.2. The second-order valence-electron chi connectivity index (χ2n) is 4.33. The number of aryl methyl sites for hydroxylation is 1. The summed E-state index contributed by atoms with van der Waals surface area (Å²) in [7, 11) is 1.95. The van der Waals surface area contributed by atoms with Gasteiger partial charge in [-0.2, -0.15) is 5.10 Å². The monoisotopic (exact) mass is 316 g/mol. The number of hydrogen-bond acceptors (Lipinski definition) is 2. The first-order chi connectivity index (χ1) is 9.24. The first kappa shape index (κ1) is 12.2. The molecule has 0 N–H and O–H groups in total. The van der Waals surface area contributed by atoms with Crippen LogP contribution in [0.25, 0.3) is 10.9 Å². The normalized spacial score (nSPS) is 10.8. The Balaban J connectivity index is 1.84. The maximum Gasteiger partial charge on any atom is 0.133 e. The van der Waals surface area contributed by atoms with Crippen LogP contribution < -0.4 is 4.74 Å². The fourth-order valence-corrected chi connectivity index (χ4v) is 2.34. The second kappa shape index (κ2) is 5.05. The van der Waals surface area contributed by atoms with E-state index >= 15 is 0 Å². The van der Waals surface area contributed by atoms with Crippen molar-refractivity contribution in [1.82, 2.24) is 9.78 Å². The third-order valence-corrected chi connectivity index (χ3v) is 3.55. The topological polar surface area (TPSA) is 27.1 Å². The Morgan fingerprint density at radius 1 is 1.11 bits per heavy atom. The summed E-state index contributed by atoms with van der Waals surface area (Å²) in [6.45, 7) is 0.475. The van der Waals surface area contributed by atoms with E-state index in [-0.39, 0.29) is 0 Å². The molecule has 19 heavy (non-hydrogen) atoms. The van der Waals surface area contributed by atoms with Crippen LogP contribution in [-0.2, 0) is 13.7 Å². The highest BCUT2D eigenvalue weighted by Gasteiger charge is 2.08. The molecule has 0 bridgehead atoms. The van der Waals surface area contributed by atoms with Gasteiger partial charge in [-0.3, -0.25) is 4.68 Å². The molecular weight excluding hydrogens is 304 g/mol.